The first kappa shape index (κ1) is 16.6. The number of rotatable bonds is 6. The zero-order chi connectivity index (χ0) is 14.7. The first-order chi connectivity index (χ1) is 8.06. The van der Waals surface area contributed by atoms with Crippen LogP contribution in [0.2, 0.25) is 0 Å². The van der Waals surface area contributed by atoms with Gasteiger partial charge in [0.2, 0.25) is 0 Å². The maximum atomic E-state index is 11.4. The summed E-state index contributed by atoms with van der Waals surface area (Å²) in [4.78, 5) is 51.7. The molecule has 0 bridgehead atoms. The van der Waals surface area contributed by atoms with Gasteiger partial charge in [-0.2, -0.15) is 0 Å². The van der Waals surface area contributed by atoms with Gasteiger partial charge in [0.1, 0.15) is 0 Å². The van der Waals surface area contributed by atoms with Crippen molar-refractivity contribution < 1.29 is 43.7 Å². The summed E-state index contributed by atoms with van der Waals surface area (Å²) < 4.78 is 15.3. The molecule has 18 heavy (non-hydrogen) atoms. The molecule has 0 aromatic heterocycles. The highest BCUT2D eigenvalue weighted by atomic mass is 31.2. The molecule has 104 valence electrons. The zero-order valence-corrected chi connectivity index (χ0v) is 10.5. The number of carbonyl (C=O) groups excluding carboxylic acids is 1. The minimum absolute atomic E-state index is 0.530. The third kappa shape index (κ3) is 2.53. The molecule has 0 rings (SSSR count). The number of carboxylic acids is 2. The molecule has 4 N–H and O–H groups in total. The molecule has 1 unspecified atom stereocenters. The molecule has 0 radical (unpaired) electrons. The molecule has 10 heteroatoms. The lowest BCUT2D eigenvalue weighted by Gasteiger charge is -2.30. The predicted octanol–water partition coefficient (Wildman–Crippen LogP) is -0.729. The first-order valence-electron chi connectivity index (χ1n) is 4.67. The van der Waals surface area contributed by atoms with Gasteiger partial charge in [0.05, 0.1) is 12.8 Å². The zero-order valence-electron chi connectivity index (χ0n) is 9.56. The van der Waals surface area contributed by atoms with Gasteiger partial charge < -0.3 is 24.7 Å². The van der Waals surface area contributed by atoms with Crippen LogP contribution in [-0.2, 0) is 23.7 Å². The second-order valence-corrected chi connectivity index (χ2v) is 5.22. The number of methoxy groups -OCH3 is 1. The average Bonchev–Trinajstić information content (AvgIpc) is 2.21. The topological polar surface area (TPSA) is 158 Å². The molecular weight excluding hydrogens is 271 g/mol. The summed E-state index contributed by atoms with van der Waals surface area (Å²) in [6, 6.07) is 0. The normalized spacial score (nSPS) is 13.8. The van der Waals surface area contributed by atoms with E-state index in [0.717, 1.165) is 14.0 Å². The molecule has 0 saturated carbocycles. The van der Waals surface area contributed by atoms with Gasteiger partial charge >= 0.3 is 25.5 Å². The number of aliphatic carboxylic acids is 2. The van der Waals surface area contributed by atoms with Crippen LogP contribution < -0.4 is 0 Å². The summed E-state index contributed by atoms with van der Waals surface area (Å²) in [5.74, 6) is -6.10. The van der Waals surface area contributed by atoms with Crippen LogP contribution in [0.5, 0.6) is 0 Å². The average molecular weight is 284 g/mol. The minimum atomic E-state index is -5.13. The third-order valence-electron chi connectivity index (χ3n) is 2.47. The van der Waals surface area contributed by atoms with Gasteiger partial charge in [-0.25, -0.2) is 0 Å². The number of carboxylic acid groups (broad SMARTS) is 2. The van der Waals surface area contributed by atoms with Crippen molar-refractivity contribution >= 4 is 25.5 Å². The molecule has 9 nitrogen and oxygen atoms in total. The van der Waals surface area contributed by atoms with Crippen molar-refractivity contribution in [3.8, 4) is 0 Å². The van der Waals surface area contributed by atoms with E-state index in [4.69, 9.17) is 20.0 Å². The van der Waals surface area contributed by atoms with E-state index in [2.05, 4.69) is 4.74 Å². The van der Waals surface area contributed by atoms with E-state index in [1.807, 2.05) is 0 Å². The van der Waals surface area contributed by atoms with E-state index in [9.17, 15) is 18.9 Å². The lowest BCUT2D eigenvalue weighted by Crippen LogP contribution is -2.55. The van der Waals surface area contributed by atoms with Gasteiger partial charge in [0.15, 0.2) is 0 Å². The number of hydrogen-bond acceptors (Lipinski definition) is 5. The molecule has 0 aliphatic heterocycles. The quantitative estimate of drug-likeness (QED) is 0.280. The highest BCUT2D eigenvalue weighted by Crippen LogP contribution is 2.52. The Hall–Kier alpha value is -1.44. The predicted molar refractivity (Wildman–Crippen MR) is 55.8 cm³/mol. The smallest absolute Gasteiger partial charge is 0.335 e. The number of ether oxygens (including phenoxy) is 1. The summed E-state index contributed by atoms with van der Waals surface area (Å²) >= 11 is 0. The Morgan fingerprint density at radius 2 is 1.61 bits per heavy atom. The lowest BCUT2D eigenvalue weighted by molar-refractivity contribution is -0.178. The Morgan fingerprint density at radius 1 is 1.22 bits per heavy atom. The summed E-state index contributed by atoms with van der Waals surface area (Å²) in [5, 5.41) is 17.9. The molecule has 0 aromatic rings. The summed E-state index contributed by atoms with van der Waals surface area (Å²) in [5.41, 5.74) is -5.55. The lowest BCUT2D eigenvalue weighted by atomic mass is 9.83. The van der Waals surface area contributed by atoms with Crippen LogP contribution in [0.15, 0.2) is 0 Å². The SMILES string of the molecule is CCC(C(C(=O)O)(C(=O)O)C(=O)OC)P(=O)(O)O. The van der Waals surface area contributed by atoms with Gasteiger partial charge in [-0.1, -0.05) is 6.92 Å². The standard InChI is InChI=1S/C8H13O9P/c1-3-4(18(14,15)16)8(5(9)10,6(11)12)7(13)17-2/h4H,3H2,1-2H3,(H,9,10)(H,11,12)(H2,14,15,16). The molecule has 0 amide bonds. The summed E-state index contributed by atoms with van der Waals surface area (Å²) in [6.07, 6.45) is -0.530. The Balaban J connectivity index is 6.18. The van der Waals surface area contributed by atoms with Crippen LogP contribution in [0, 0.1) is 5.41 Å². The fraction of sp³-hybridized carbons (Fsp3) is 0.625. The fourth-order valence-electron chi connectivity index (χ4n) is 1.64. The highest BCUT2D eigenvalue weighted by Gasteiger charge is 2.65. The second-order valence-electron chi connectivity index (χ2n) is 3.42. The molecule has 0 fully saturated rings. The van der Waals surface area contributed by atoms with Gasteiger partial charge in [0, 0.05) is 0 Å². The number of hydrogen-bond donors (Lipinski definition) is 4. The number of esters is 1. The van der Waals surface area contributed by atoms with E-state index >= 15 is 0 Å². The Morgan fingerprint density at radius 3 is 1.78 bits per heavy atom. The summed E-state index contributed by atoms with van der Waals surface area (Å²) in [6.45, 7) is 1.16. The van der Waals surface area contributed by atoms with Gasteiger partial charge in [-0.3, -0.25) is 18.9 Å². The van der Waals surface area contributed by atoms with E-state index in [1.165, 1.54) is 0 Å². The van der Waals surface area contributed by atoms with Crippen molar-refractivity contribution in [2.45, 2.75) is 19.0 Å². The van der Waals surface area contributed by atoms with Crippen molar-refractivity contribution in [1.82, 2.24) is 0 Å². The van der Waals surface area contributed by atoms with E-state index in [0.29, 0.717) is 0 Å². The fourth-order valence-corrected chi connectivity index (χ4v) is 2.95. The van der Waals surface area contributed by atoms with Crippen LogP contribution >= 0.6 is 7.60 Å². The number of carbonyl (C=O) groups is 3. The Labute approximate surface area is 102 Å². The third-order valence-corrected chi connectivity index (χ3v) is 4.04. The van der Waals surface area contributed by atoms with E-state index in [-0.39, 0.29) is 0 Å². The molecule has 0 aliphatic rings. The maximum Gasteiger partial charge on any atom is 0.335 e. The highest BCUT2D eigenvalue weighted by molar-refractivity contribution is 7.52. The van der Waals surface area contributed by atoms with Crippen LogP contribution in [0.1, 0.15) is 13.3 Å². The van der Waals surface area contributed by atoms with Gasteiger partial charge in [-0.15, -0.1) is 0 Å². The Kier molecular flexibility index (Phi) is 5.03. The van der Waals surface area contributed by atoms with E-state index in [1.54, 1.807) is 0 Å². The van der Waals surface area contributed by atoms with Crippen molar-refractivity contribution in [2.24, 2.45) is 5.41 Å². The van der Waals surface area contributed by atoms with Crippen molar-refractivity contribution in [3.05, 3.63) is 0 Å². The van der Waals surface area contributed by atoms with Gasteiger partial charge in [-0.05, 0) is 6.42 Å². The molecule has 0 heterocycles. The monoisotopic (exact) mass is 284 g/mol. The molecule has 0 saturated heterocycles. The van der Waals surface area contributed by atoms with Crippen molar-refractivity contribution in [3.63, 3.8) is 0 Å². The van der Waals surface area contributed by atoms with Crippen molar-refractivity contribution in [2.75, 3.05) is 7.11 Å². The van der Waals surface area contributed by atoms with Gasteiger partial charge in [0.25, 0.3) is 5.41 Å². The largest absolute Gasteiger partial charge is 0.480 e. The van der Waals surface area contributed by atoms with E-state index < -0.39 is 43.0 Å². The van der Waals surface area contributed by atoms with Crippen LogP contribution in [0.25, 0.3) is 0 Å². The molecule has 0 spiro atoms. The van der Waals surface area contributed by atoms with Crippen LogP contribution in [0.3, 0.4) is 0 Å². The van der Waals surface area contributed by atoms with Crippen LogP contribution in [0.4, 0.5) is 0 Å². The molecule has 0 aromatic carbocycles. The minimum Gasteiger partial charge on any atom is -0.480 e. The molecule has 0 aliphatic carbocycles. The molecular formula is C8H13O9P. The summed E-state index contributed by atoms with van der Waals surface area (Å²) in [7, 11) is -4.40. The van der Waals surface area contributed by atoms with Crippen LogP contribution in [-0.4, -0.2) is 50.7 Å². The first-order valence-corrected chi connectivity index (χ1v) is 6.35. The Bertz CT molecular complexity index is 395. The molecule has 1 atom stereocenters. The van der Waals surface area contributed by atoms with Crippen molar-refractivity contribution in [1.29, 1.82) is 0 Å². The maximum absolute atomic E-state index is 11.4. The second kappa shape index (κ2) is 5.47.